The van der Waals surface area contributed by atoms with Crippen LogP contribution in [0.2, 0.25) is 0 Å². The Labute approximate surface area is 96.2 Å². The smallest absolute Gasteiger partial charge is 0.162 e. The molecule has 0 aliphatic carbocycles. The van der Waals surface area contributed by atoms with Crippen molar-refractivity contribution in [3.63, 3.8) is 0 Å². The van der Waals surface area contributed by atoms with Crippen LogP contribution in [0, 0.1) is 0 Å². The lowest BCUT2D eigenvalue weighted by Crippen LogP contribution is -2.56. The third-order valence-corrected chi connectivity index (χ3v) is 3.08. The molecule has 0 saturated carbocycles. The molecule has 4 nitrogen and oxygen atoms in total. The Morgan fingerprint density at radius 3 is 2.38 bits per heavy atom. The van der Waals surface area contributed by atoms with Crippen molar-refractivity contribution in [2.45, 2.75) is 6.04 Å². The van der Waals surface area contributed by atoms with Gasteiger partial charge in [-0.15, -0.1) is 0 Å². The molecule has 0 atom stereocenters. The molecule has 1 aliphatic rings. The van der Waals surface area contributed by atoms with Crippen LogP contribution in [0.3, 0.4) is 0 Å². The van der Waals surface area contributed by atoms with Crippen LogP contribution in [-0.4, -0.2) is 40.4 Å². The highest BCUT2D eigenvalue weighted by molar-refractivity contribution is 5.56. The molecule has 88 valence electrons. The van der Waals surface area contributed by atoms with Crippen LogP contribution in [-0.2, 0) is 0 Å². The zero-order valence-electron chi connectivity index (χ0n) is 9.99. The number of hydrogen-bond donors (Lipinski definition) is 1. The zero-order valence-corrected chi connectivity index (χ0v) is 9.99. The number of rotatable bonds is 4. The molecule has 0 unspecified atom stereocenters. The second kappa shape index (κ2) is 4.61. The minimum absolute atomic E-state index is 0.582. The largest absolute Gasteiger partial charge is 0.493 e. The molecule has 1 N–H and O–H groups in total. The van der Waals surface area contributed by atoms with E-state index in [2.05, 4.69) is 23.3 Å². The quantitative estimate of drug-likeness (QED) is 0.827. The summed E-state index contributed by atoms with van der Waals surface area (Å²) in [5.41, 5.74) is 1.16. The molecule has 0 amide bonds. The zero-order chi connectivity index (χ0) is 11.5. The normalized spacial score (nSPS) is 15.4. The highest BCUT2D eigenvalue weighted by atomic mass is 16.5. The molecule has 1 aromatic rings. The van der Waals surface area contributed by atoms with Gasteiger partial charge in [0, 0.05) is 31.9 Å². The first kappa shape index (κ1) is 11.1. The predicted octanol–water partition coefficient (Wildman–Crippen LogP) is 1.11. The second-order valence-corrected chi connectivity index (χ2v) is 3.96. The summed E-state index contributed by atoms with van der Waals surface area (Å²) in [5.74, 6) is 1.55. The van der Waals surface area contributed by atoms with E-state index in [9.17, 15) is 0 Å². The summed E-state index contributed by atoms with van der Waals surface area (Å²) >= 11 is 0. The Balaban J connectivity index is 2.20. The van der Waals surface area contributed by atoms with Crippen molar-refractivity contribution in [3.8, 4) is 11.5 Å². The molecular formula is C12H18N2O2. The molecular weight excluding hydrogens is 204 g/mol. The van der Waals surface area contributed by atoms with Gasteiger partial charge in [0.1, 0.15) is 0 Å². The Morgan fingerprint density at radius 2 is 1.88 bits per heavy atom. The first-order chi connectivity index (χ1) is 7.76. The number of nitrogens with zero attached hydrogens (tertiary/aromatic N) is 1. The van der Waals surface area contributed by atoms with Crippen molar-refractivity contribution in [1.82, 2.24) is 5.32 Å². The fourth-order valence-corrected chi connectivity index (χ4v) is 1.80. The Morgan fingerprint density at radius 1 is 1.19 bits per heavy atom. The second-order valence-electron chi connectivity index (χ2n) is 3.96. The van der Waals surface area contributed by atoms with Gasteiger partial charge in [0.25, 0.3) is 0 Å². The lowest BCUT2D eigenvalue weighted by Gasteiger charge is -2.37. The molecule has 1 fully saturated rings. The van der Waals surface area contributed by atoms with E-state index in [4.69, 9.17) is 9.47 Å². The number of nitrogens with one attached hydrogen (secondary N) is 1. The average Bonchev–Trinajstić information content (AvgIpc) is 2.25. The first-order valence-electron chi connectivity index (χ1n) is 5.42. The SMILES string of the molecule is COc1ccc(N(C)C2CNC2)cc1OC. The molecule has 0 spiro atoms. The van der Waals surface area contributed by atoms with E-state index in [-0.39, 0.29) is 0 Å². The van der Waals surface area contributed by atoms with Gasteiger partial charge >= 0.3 is 0 Å². The Bertz CT molecular complexity index is 364. The van der Waals surface area contributed by atoms with Crippen LogP contribution < -0.4 is 19.7 Å². The molecule has 1 aliphatic heterocycles. The van der Waals surface area contributed by atoms with Crippen LogP contribution in [0.4, 0.5) is 5.69 Å². The molecule has 2 rings (SSSR count). The Hall–Kier alpha value is -1.42. The van der Waals surface area contributed by atoms with E-state index in [0.29, 0.717) is 6.04 Å². The average molecular weight is 222 g/mol. The van der Waals surface area contributed by atoms with Crippen LogP contribution in [0.1, 0.15) is 0 Å². The van der Waals surface area contributed by atoms with Gasteiger partial charge in [0.2, 0.25) is 0 Å². The third-order valence-electron chi connectivity index (χ3n) is 3.08. The summed E-state index contributed by atoms with van der Waals surface area (Å²) in [4.78, 5) is 2.26. The highest BCUT2D eigenvalue weighted by Crippen LogP contribution is 2.31. The van der Waals surface area contributed by atoms with Crippen LogP contribution in [0.5, 0.6) is 11.5 Å². The fraction of sp³-hybridized carbons (Fsp3) is 0.500. The first-order valence-corrected chi connectivity index (χ1v) is 5.42. The van der Waals surface area contributed by atoms with Crippen molar-refractivity contribution >= 4 is 5.69 Å². The molecule has 0 aromatic heterocycles. The van der Waals surface area contributed by atoms with Gasteiger partial charge in [-0.2, -0.15) is 0 Å². The summed E-state index contributed by atoms with van der Waals surface area (Å²) in [5, 5.41) is 3.27. The van der Waals surface area contributed by atoms with E-state index in [1.807, 2.05) is 12.1 Å². The van der Waals surface area contributed by atoms with Gasteiger partial charge in [-0.25, -0.2) is 0 Å². The maximum Gasteiger partial charge on any atom is 0.162 e. The minimum atomic E-state index is 0.582. The van der Waals surface area contributed by atoms with E-state index < -0.39 is 0 Å². The van der Waals surface area contributed by atoms with Gasteiger partial charge < -0.3 is 19.7 Å². The van der Waals surface area contributed by atoms with Crippen LogP contribution in [0.25, 0.3) is 0 Å². The van der Waals surface area contributed by atoms with Crippen LogP contribution in [0.15, 0.2) is 18.2 Å². The van der Waals surface area contributed by atoms with Gasteiger partial charge in [-0.3, -0.25) is 0 Å². The molecule has 1 aromatic carbocycles. The monoisotopic (exact) mass is 222 g/mol. The van der Waals surface area contributed by atoms with Crippen molar-refractivity contribution < 1.29 is 9.47 Å². The van der Waals surface area contributed by atoms with Gasteiger partial charge in [-0.1, -0.05) is 0 Å². The van der Waals surface area contributed by atoms with Crippen molar-refractivity contribution in [1.29, 1.82) is 0 Å². The lowest BCUT2D eigenvalue weighted by molar-refractivity contribution is 0.354. The summed E-state index contributed by atoms with van der Waals surface area (Å²) < 4.78 is 10.5. The number of benzene rings is 1. The van der Waals surface area contributed by atoms with Crippen molar-refractivity contribution in [2.75, 3.05) is 39.3 Å². The van der Waals surface area contributed by atoms with Gasteiger partial charge in [0.05, 0.1) is 20.3 Å². The number of ether oxygens (including phenoxy) is 2. The summed E-state index contributed by atoms with van der Waals surface area (Å²) in [6.45, 7) is 2.09. The van der Waals surface area contributed by atoms with Crippen molar-refractivity contribution in [2.24, 2.45) is 0 Å². The standard InChI is InChI=1S/C12H18N2O2/c1-14(10-7-13-8-10)9-4-5-11(15-2)12(6-9)16-3/h4-6,10,13H,7-8H2,1-3H3. The molecule has 4 heteroatoms. The summed E-state index contributed by atoms with van der Waals surface area (Å²) in [6, 6.07) is 6.59. The molecule has 0 radical (unpaired) electrons. The van der Waals surface area contributed by atoms with Gasteiger partial charge in [-0.05, 0) is 12.1 Å². The fourth-order valence-electron chi connectivity index (χ4n) is 1.80. The van der Waals surface area contributed by atoms with Gasteiger partial charge in [0.15, 0.2) is 11.5 Å². The molecule has 16 heavy (non-hydrogen) atoms. The maximum absolute atomic E-state index is 5.29. The van der Waals surface area contributed by atoms with E-state index in [0.717, 1.165) is 30.3 Å². The maximum atomic E-state index is 5.29. The van der Waals surface area contributed by atoms with E-state index in [1.165, 1.54) is 0 Å². The lowest BCUT2D eigenvalue weighted by atomic mass is 10.1. The summed E-state index contributed by atoms with van der Waals surface area (Å²) in [6.07, 6.45) is 0. The number of hydrogen-bond acceptors (Lipinski definition) is 4. The molecule has 1 heterocycles. The number of methoxy groups -OCH3 is 2. The van der Waals surface area contributed by atoms with E-state index >= 15 is 0 Å². The van der Waals surface area contributed by atoms with E-state index in [1.54, 1.807) is 14.2 Å². The molecule has 0 bridgehead atoms. The summed E-state index contributed by atoms with van der Waals surface area (Å²) in [7, 11) is 5.41. The topological polar surface area (TPSA) is 33.7 Å². The Kier molecular flexibility index (Phi) is 3.19. The predicted molar refractivity (Wildman–Crippen MR) is 64.6 cm³/mol. The third kappa shape index (κ3) is 1.93. The highest BCUT2D eigenvalue weighted by Gasteiger charge is 2.22. The minimum Gasteiger partial charge on any atom is -0.493 e. The van der Waals surface area contributed by atoms with Crippen LogP contribution >= 0.6 is 0 Å². The van der Waals surface area contributed by atoms with Crippen molar-refractivity contribution in [3.05, 3.63) is 18.2 Å². The number of anilines is 1. The number of likely N-dealkylation sites (N-methyl/N-ethyl adjacent to an activating group) is 1. The molecule has 1 saturated heterocycles.